The first-order chi connectivity index (χ1) is 15.8. The van der Waals surface area contributed by atoms with Crippen molar-refractivity contribution >= 4 is 5.91 Å². The molecular weight excluding hydrogens is 424 g/mol. The average Bonchev–Trinajstić information content (AvgIpc) is 3.47. The highest BCUT2D eigenvalue weighted by molar-refractivity contribution is 5.87. The van der Waals surface area contributed by atoms with Crippen molar-refractivity contribution in [2.75, 3.05) is 13.3 Å². The van der Waals surface area contributed by atoms with Crippen LogP contribution in [0.25, 0.3) is 5.69 Å². The van der Waals surface area contributed by atoms with Gasteiger partial charge in [-0.15, -0.1) is 5.10 Å². The van der Waals surface area contributed by atoms with Crippen molar-refractivity contribution in [2.45, 2.75) is 57.2 Å². The summed E-state index contributed by atoms with van der Waals surface area (Å²) < 4.78 is 18.4. The summed E-state index contributed by atoms with van der Waals surface area (Å²) >= 11 is 0. The van der Waals surface area contributed by atoms with E-state index < -0.39 is 11.1 Å². The maximum absolute atomic E-state index is 12.1. The van der Waals surface area contributed by atoms with Gasteiger partial charge < -0.3 is 24.8 Å². The van der Waals surface area contributed by atoms with Crippen LogP contribution < -0.4 is 20.1 Å². The molecule has 0 saturated heterocycles. The number of nitrogens with one attached hydrogen (secondary N) is 2. The molecule has 1 aromatic heterocycles. The Morgan fingerprint density at radius 1 is 1.30 bits per heavy atom. The van der Waals surface area contributed by atoms with Crippen LogP contribution in [0.2, 0.25) is 0 Å². The first-order valence-electron chi connectivity index (χ1n) is 11.0. The molecule has 10 nitrogen and oxygen atoms in total. The van der Waals surface area contributed by atoms with Crippen molar-refractivity contribution in [3.05, 3.63) is 49.0 Å². The largest absolute Gasteiger partial charge is 0.497 e. The van der Waals surface area contributed by atoms with Gasteiger partial charge in [0.25, 0.3) is 0 Å². The quantitative estimate of drug-likeness (QED) is 0.556. The number of amides is 1. The predicted octanol–water partition coefficient (Wildman–Crippen LogP) is 2.36. The van der Waals surface area contributed by atoms with Crippen LogP contribution in [0.1, 0.15) is 45.9 Å². The predicted molar refractivity (Wildman–Crippen MR) is 121 cm³/mol. The van der Waals surface area contributed by atoms with E-state index >= 15 is 0 Å². The third-order valence-corrected chi connectivity index (χ3v) is 5.75. The summed E-state index contributed by atoms with van der Waals surface area (Å²) in [7, 11) is 0. The van der Waals surface area contributed by atoms with E-state index in [1.54, 1.807) is 10.9 Å². The maximum Gasteiger partial charge on any atom is 0.243 e. The molecule has 1 amide bonds. The molecule has 0 saturated carbocycles. The van der Waals surface area contributed by atoms with E-state index in [9.17, 15) is 4.79 Å². The highest BCUT2D eigenvalue weighted by atomic mass is 16.7. The molecule has 2 atom stereocenters. The van der Waals surface area contributed by atoms with Crippen LogP contribution in [0.5, 0.6) is 11.5 Å². The van der Waals surface area contributed by atoms with E-state index in [1.165, 1.54) is 6.08 Å². The van der Waals surface area contributed by atoms with Gasteiger partial charge in [-0.3, -0.25) is 4.79 Å². The molecule has 3 heterocycles. The second-order valence-electron chi connectivity index (χ2n) is 9.13. The van der Waals surface area contributed by atoms with Crippen molar-refractivity contribution in [2.24, 2.45) is 0 Å². The van der Waals surface area contributed by atoms with Gasteiger partial charge in [-0.2, -0.15) is 4.68 Å². The van der Waals surface area contributed by atoms with E-state index in [0.29, 0.717) is 30.3 Å². The van der Waals surface area contributed by atoms with Gasteiger partial charge in [0.05, 0.1) is 17.5 Å². The number of hydrogen-bond acceptors (Lipinski definition) is 8. The Bertz CT molecular complexity index is 1050. The third-order valence-electron chi connectivity index (χ3n) is 5.75. The molecule has 33 heavy (non-hydrogen) atoms. The summed E-state index contributed by atoms with van der Waals surface area (Å²) in [6.07, 6.45) is 7.47. The van der Waals surface area contributed by atoms with Crippen molar-refractivity contribution in [1.29, 1.82) is 0 Å². The molecule has 10 heteroatoms. The molecule has 2 aromatic rings. The number of carbonyl (C=O) groups excluding carboxylic acids is 1. The standard InChI is InChI=1S/C23H30N6O4/c1-5-20(30)25-22(2,3)14-23(4,24-13-17-8-6-7-11-31-17)21-26-27-28-29(21)16-9-10-18-19(12-16)33-15-32-18/h5,7,9-12,17,24H,1,6,8,13-15H2,2-4H3,(H,25,30). The maximum atomic E-state index is 12.1. The van der Waals surface area contributed by atoms with Crippen LogP contribution >= 0.6 is 0 Å². The first kappa shape index (κ1) is 22.8. The topological polar surface area (TPSA) is 112 Å². The molecule has 0 bridgehead atoms. The molecule has 4 rings (SSSR count). The highest BCUT2D eigenvalue weighted by Gasteiger charge is 2.39. The third kappa shape index (κ3) is 5.16. The Balaban J connectivity index is 1.65. The number of hydrogen-bond donors (Lipinski definition) is 2. The molecule has 2 unspecified atom stereocenters. The van der Waals surface area contributed by atoms with Crippen LogP contribution in [-0.2, 0) is 15.1 Å². The number of allylic oxidation sites excluding steroid dienone is 1. The minimum atomic E-state index is -0.706. The van der Waals surface area contributed by atoms with E-state index in [1.807, 2.05) is 45.0 Å². The zero-order valence-electron chi connectivity index (χ0n) is 19.2. The summed E-state index contributed by atoms with van der Waals surface area (Å²) in [6.45, 7) is 10.3. The second-order valence-corrected chi connectivity index (χ2v) is 9.13. The van der Waals surface area contributed by atoms with E-state index in [4.69, 9.17) is 14.2 Å². The fraction of sp³-hybridized carbons (Fsp3) is 0.478. The molecule has 0 fully saturated rings. The zero-order valence-corrected chi connectivity index (χ0v) is 19.2. The number of aromatic nitrogens is 4. The van der Waals surface area contributed by atoms with Gasteiger partial charge in [0.15, 0.2) is 17.3 Å². The summed E-state index contributed by atoms with van der Waals surface area (Å²) in [4.78, 5) is 12.1. The fourth-order valence-corrected chi connectivity index (χ4v) is 4.33. The van der Waals surface area contributed by atoms with Gasteiger partial charge in [-0.05, 0) is 74.7 Å². The number of tetrazole rings is 1. The molecule has 0 aliphatic carbocycles. The van der Waals surface area contributed by atoms with Gasteiger partial charge >= 0.3 is 0 Å². The van der Waals surface area contributed by atoms with Gasteiger partial charge in [0.1, 0.15) is 6.10 Å². The first-order valence-corrected chi connectivity index (χ1v) is 11.0. The van der Waals surface area contributed by atoms with Gasteiger partial charge in [-0.1, -0.05) is 6.58 Å². The second kappa shape index (κ2) is 9.22. The van der Waals surface area contributed by atoms with Gasteiger partial charge in [-0.25, -0.2) is 0 Å². The van der Waals surface area contributed by atoms with Crippen LogP contribution in [0.15, 0.2) is 43.2 Å². The summed E-state index contributed by atoms with van der Waals surface area (Å²) in [5.41, 5.74) is -0.536. The molecule has 2 aliphatic rings. The Morgan fingerprint density at radius 3 is 2.88 bits per heavy atom. The Labute approximate surface area is 193 Å². The van der Waals surface area contributed by atoms with Crippen molar-refractivity contribution < 1.29 is 19.0 Å². The molecule has 2 N–H and O–H groups in total. The minimum absolute atomic E-state index is 0.0371. The van der Waals surface area contributed by atoms with Crippen molar-refractivity contribution in [3.8, 4) is 17.2 Å². The minimum Gasteiger partial charge on any atom is -0.497 e. The highest BCUT2D eigenvalue weighted by Crippen LogP contribution is 2.35. The number of carbonyl (C=O) groups is 1. The monoisotopic (exact) mass is 454 g/mol. The lowest BCUT2D eigenvalue weighted by Gasteiger charge is -2.38. The number of benzene rings is 1. The lowest BCUT2D eigenvalue weighted by Crippen LogP contribution is -2.54. The number of fused-ring (bicyclic) bond motifs is 1. The average molecular weight is 455 g/mol. The van der Waals surface area contributed by atoms with Crippen LogP contribution in [0.4, 0.5) is 0 Å². The van der Waals surface area contributed by atoms with Crippen molar-refractivity contribution in [3.63, 3.8) is 0 Å². The van der Waals surface area contributed by atoms with Crippen LogP contribution in [0, 0.1) is 0 Å². The molecule has 1 aromatic carbocycles. The number of ether oxygens (including phenoxy) is 3. The molecule has 176 valence electrons. The van der Waals surface area contributed by atoms with Crippen LogP contribution in [0.3, 0.4) is 0 Å². The molecule has 0 radical (unpaired) electrons. The van der Waals surface area contributed by atoms with Crippen molar-refractivity contribution in [1.82, 2.24) is 30.8 Å². The summed E-state index contributed by atoms with van der Waals surface area (Å²) in [5, 5.41) is 19.2. The SMILES string of the molecule is C=CC(=O)NC(C)(C)CC(C)(NCC1CCC=CO1)c1nnnn1-c1ccc2c(c1)OCO2. The fourth-order valence-electron chi connectivity index (χ4n) is 4.33. The molecular formula is C23H30N6O4. The number of nitrogens with zero attached hydrogens (tertiary/aromatic N) is 4. The zero-order chi connectivity index (χ0) is 23.5. The summed E-state index contributed by atoms with van der Waals surface area (Å²) in [6, 6.07) is 5.57. The lowest BCUT2D eigenvalue weighted by molar-refractivity contribution is -0.118. The number of rotatable bonds is 9. The van der Waals surface area contributed by atoms with Gasteiger partial charge in [0, 0.05) is 18.2 Å². The lowest BCUT2D eigenvalue weighted by atomic mass is 9.84. The Morgan fingerprint density at radius 2 is 2.12 bits per heavy atom. The van der Waals surface area contributed by atoms with Gasteiger partial charge in [0.2, 0.25) is 12.7 Å². The molecule has 0 spiro atoms. The van der Waals surface area contributed by atoms with Crippen LogP contribution in [-0.4, -0.2) is 51.1 Å². The van der Waals surface area contributed by atoms with E-state index in [2.05, 4.69) is 32.7 Å². The summed E-state index contributed by atoms with van der Waals surface area (Å²) in [5.74, 6) is 1.70. The molecule has 2 aliphatic heterocycles. The van der Waals surface area contributed by atoms with E-state index in [-0.39, 0.29) is 18.8 Å². The van der Waals surface area contributed by atoms with E-state index in [0.717, 1.165) is 18.5 Å². The Kier molecular flexibility index (Phi) is 6.37. The normalized spacial score (nSPS) is 18.9. The smallest absolute Gasteiger partial charge is 0.243 e. The Hall–Kier alpha value is -3.40.